The molecule has 2 aliphatic rings. The molecule has 0 unspecified atom stereocenters. The van der Waals surface area contributed by atoms with E-state index < -0.39 is 0 Å². The molecule has 0 amide bonds. The van der Waals surface area contributed by atoms with E-state index in [1.54, 1.807) is 0 Å². The molecule has 0 saturated carbocycles. The van der Waals surface area contributed by atoms with Crippen LogP contribution in [0.25, 0.3) is 0 Å². The number of allylic oxidation sites excluding steroid dienone is 3. The van der Waals surface area contributed by atoms with Gasteiger partial charge in [-0.2, -0.15) is 0 Å². The Hall–Kier alpha value is -0.371. The summed E-state index contributed by atoms with van der Waals surface area (Å²) < 4.78 is 5.31. The van der Waals surface area contributed by atoms with Crippen LogP contribution in [0.2, 0.25) is 0 Å². The number of rotatable bonds is 0. The zero-order chi connectivity index (χ0) is 6.97. The second kappa shape index (κ2) is 2.35. The zero-order valence-electron chi connectivity index (χ0n) is 5.04. The van der Waals surface area contributed by atoms with E-state index in [-0.39, 0.29) is 0 Å². The third kappa shape index (κ3) is 0.966. The third-order valence-corrected chi connectivity index (χ3v) is 3.08. The summed E-state index contributed by atoms with van der Waals surface area (Å²) in [6.07, 6.45) is 7.82. The fourth-order valence-electron chi connectivity index (χ4n) is 0.810. The second-order valence-electron chi connectivity index (χ2n) is 1.95. The molecule has 0 aromatic carbocycles. The van der Waals surface area contributed by atoms with Gasteiger partial charge in [0.1, 0.15) is 0 Å². The Morgan fingerprint density at radius 3 is 3.40 bits per heavy atom. The minimum atomic E-state index is 0.347. The van der Waals surface area contributed by atoms with Gasteiger partial charge in [0.25, 0.3) is 0 Å². The Morgan fingerprint density at radius 1 is 1.60 bits per heavy atom. The van der Waals surface area contributed by atoms with Gasteiger partial charge in [-0.3, -0.25) is 0 Å². The summed E-state index contributed by atoms with van der Waals surface area (Å²) in [5.74, 6) is 0. The zero-order valence-corrected chi connectivity index (χ0v) is 7.51. The fraction of sp³-hybridized carbons (Fsp3) is 0. The monoisotopic (exact) mass is 220 g/mol. The van der Waals surface area contributed by atoms with E-state index in [0.717, 1.165) is 10.7 Å². The van der Waals surface area contributed by atoms with E-state index in [0.29, 0.717) is 15.4 Å². The first-order chi connectivity index (χ1) is 4.86. The first-order valence-corrected chi connectivity index (χ1v) is 4.83. The van der Waals surface area contributed by atoms with Crippen molar-refractivity contribution in [3.05, 3.63) is 35.3 Å². The molecule has 0 bridgehead atoms. The summed E-state index contributed by atoms with van der Waals surface area (Å²) >= 11 is 6.12. The molecule has 0 spiro atoms. The van der Waals surface area contributed by atoms with E-state index in [1.165, 1.54) is 0 Å². The van der Waals surface area contributed by atoms with E-state index in [4.69, 9.17) is 11.6 Å². The van der Waals surface area contributed by atoms with Gasteiger partial charge in [0.05, 0.1) is 0 Å². The van der Waals surface area contributed by atoms with Gasteiger partial charge < -0.3 is 0 Å². The van der Waals surface area contributed by atoms with Crippen molar-refractivity contribution in [1.29, 1.82) is 0 Å². The van der Waals surface area contributed by atoms with Crippen molar-refractivity contribution in [1.82, 2.24) is 8.25 Å². The summed E-state index contributed by atoms with van der Waals surface area (Å²) in [6.45, 7) is 0. The maximum absolute atomic E-state index is 5.77. The molecular weight excluding hydrogens is 214 g/mol. The van der Waals surface area contributed by atoms with Crippen LogP contribution in [0.1, 0.15) is 0 Å². The number of nitrogens with one attached hydrogen (secondary N) is 1. The molecule has 2 heterocycles. The molecule has 2 nitrogen and oxygen atoms in total. The van der Waals surface area contributed by atoms with Crippen LogP contribution in [0.15, 0.2) is 35.3 Å². The first kappa shape index (κ1) is 6.35. The molecular formula is C6H5ClN2Se. The molecule has 10 heavy (non-hydrogen) atoms. The molecule has 2 aliphatic heterocycles. The number of nitrogens with zero attached hydrogens (tertiary/aromatic N) is 1. The van der Waals surface area contributed by atoms with Crippen molar-refractivity contribution in [2.45, 2.75) is 0 Å². The average Bonchev–Trinajstić information content (AvgIpc) is 2.33. The SMILES string of the molecule is ClC1=CC2=CN[Se]N2C=C1. The molecule has 0 atom stereocenters. The van der Waals surface area contributed by atoms with E-state index in [9.17, 15) is 0 Å². The summed E-state index contributed by atoms with van der Waals surface area (Å²) in [5.41, 5.74) is 1.16. The Morgan fingerprint density at radius 2 is 2.50 bits per heavy atom. The number of hydrogen-bond donors (Lipinski definition) is 1. The van der Waals surface area contributed by atoms with Gasteiger partial charge in [0.15, 0.2) is 0 Å². The van der Waals surface area contributed by atoms with Crippen LogP contribution in [0.3, 0.4) is 0 Å². The summed E-state index contributed by atoms with van der Waals surface area (Å²) in [4.78, 5) is 0. The number of fused-ring (bicyclic) bond motifs is 1. The topological polar surface area (TPSA) is 15.3 Å². The van der Waals surface area contributed by atoms with Crippen LogP contribution in [-0.2, 0) is 0 Å². The van der Waals surface area contributed by atoms with Gasteiger partial charge in [-0.25, -0.2) is 0 Å². The molecule has 0 aromatic rings. The second-order valence-corrected chi connectivity index (χ2v) is 4.09. The van der Waals surface area contributed by atoms with Crippen molar-refractivity contribution in [3.8, 4) is 0 Å². The van der Waals surface area contributed by atoms with Crippen molar-refractivity contribution in [3.63, 3.8) is 0 Å². The molecule has 2 rings (SSSR count). The summed E-state index contributed by atoms with van der Waals surface area (Å²) in [7, 11) is 0. The van der Waals surface area contributed by atoms with Gasteiger partial charge in [0.2, 0.25) is 0 Å². The summed E-state index contributed by atoms with van der Waals surface area (Å²) in [5, 5.41) is 0.794. The summed E-state index contributed by atoms with van der Waals surface area (Å²) in [6, 6.07) is 0. The molecule has 0 aromatic heterocycles. The number of hydrogen-bond acceptors (Lipinski definition) is 2. The van der Waals surface area contributed by atoms with Crippen LogP contribution in [-0.4, -0.2) is 19.3 Å². The van der Waals surface area contributed by atoms with Crippen molar-refractivity contribution < 1.29 is 0 Å². The third-order valence-electron chi connectivity index (χ3n) is 1.27. The molecule has 0 radical (unpaired) electrons. The van der Waals surface area contributed by atoms with Crippen molar-refractivity contribution in [2.75, 3.05) is 0 Å². The average molecular weight is 220 g/mol. The van der Waals surface area contributed by atoms with Crippen molar-refractivity contribution >= 4 is 27.0 Å². The number of halogens is 1. The standard InChI is InChI=1S/C6H5ClN2Se/c7-5-1-2-9-6(3-5)4-8-10-9/h1-4,8H. The van der Waals surface area contributed by atoms with Gasteiger partial charge in [-0.1, -0.05) is 0 Å². The predicted octanol–water partition coefficient (Wildman–Crippen LogP) is 0.917. The Balaban J connectivity index is 2.34. The molecule has 0 aliphatic carbocycles. The van der Waals surface area contributed by atoms with Crippen LogP contribution < -0.4 is 4.33 Å². The quantitative estimate of drug-likeness (QED) is 0.610. The van der Waals surface area contributed by atoms with Gasteiger partial charge in [-0.15, -0.1) is 0 Å². The molecule has 0 fully saturated rings. The normalized spacial score (nSPS) is 21.5. The van der Waals surface area contributed by atoms with Crippen molar-refractivity contribution in [2.24, 2.45) is 0 Å². The Kier molecular flexibility index (Phi) is 1.49. The van der Waals surface area contributed by atoms with Gasteiger partial charge in [-0.05, 0) is 0 Å². The first-order valence-electron chi connectivity index (χ1n) is 2.83. The Labute approximate surface area is 70.8 Å². The molecule has 52 valence electrons. The Bertz CT molecular complexity index is 244. The van der Waals surface area contributed by atoms with Gasteiger partial charge in [0, 0.05) is 0 Å². The predicted molar refractivity (Wildman–Crippen MR) is 41.9 cm³/mol. The molecule has 0 saturated heterocycles. The maximum atomic E-state index is 5.77. The molecule has 1 N–H and O–H groups in total. The van der Waals surface area contributed by atoms with Crippen LogP contribution in [0.4, 0.5) is 0 Å². The van der Waals surface area contributed by atoms with E-state index in [1.807, 2.05) is 24.6 Å². The van der Waals surface area contributed by atoms with Crippen LogP contribution >= 0.6 is 11.6 Å². The van der Waals surface area contributed by atoms with Crippen LogP contribution in [0, 0.1) is 0 Å². The van der Waals surface area contributed by atoms with E-state index >= 15 is 0 Å². The minimum absolute atomic E-state index is 0.347. The molecule has 4 heteroatoms. The van der Waals surface area contributed by atoms with E-state index in [2.05, 4.69) is 8.25 Å². The van der Waals surface area contributed by atoms with Gasteiger partial charge >= 0.3 is 70.5 Å². The fourth-order valence-corrected chi connectivity index (χ4v) is 2.28. The van der Waals surface area contributed by atoms with Crippen LogP contribution in [0.5, 0.6) is 0 Å².